The minimum absolute atomic E-state index is 0.140. The van der Waals surface area contributed by atoms with E-state index in [2.05, 4.69) is 5.32 Å². The van der Waals surface area contributed by atoms with Gasteiger partial charge in [-0.1, -0.05) is 23.7 Å². The van der Waals surface area contributed by atoms with Crippen molar-refractivity contribution in [3.05, 3.63) is 64.7 Å². The van der Waals surface area contributed by atoms with Crippen molar-refractivity contribution in [3.8, 4) is 0 Å². The average molecular weight is 340 g/mol. The Hall–Kier alpha value is -2.01. The minimum Gasteiger partial charge on any atom is -0.326 e. The van der Waals surface area contributed by atoms with Crippen LogP contribution in [0.4, 0.5) is 18.9 Å². The van der Waals surface area contributed by atoms with Crippen LogP contribution in [0.2, 0.25) is 5.02 Å². The molecule has 1 aliphatic carbocycles. The fourth-order valence-corrected chi connectivity index (χ4v) is 2.67. The number of halogens is 4. The number of amides is 1. The molecule has 1 fully saturated rings. The van der Waals surface area contributed by atoms with E-state index in [4.69, 9.17) is 11.6 Å². The molecular formula is C17H13ClF3NO. The quantitative estimate of drug-likeness (QED) is 0.828. The van der Waals surface area contributed by atoms with Crippen molar-refractivity contribution in [2.45, 2.75) is 18.5 Å². The summed E-state index contributed by atoms with van der Waals surface area (Å²) in [6.07, 6.45) is -3.65. The highest BCUT2D eigenvalue weighted by Crippen LogP contribution is 2.48. The summed E-state index contributed by atoms with van der Waals surface area (Å²) in [5, 5.41) is 3.30. The van der Waals surface area contributed by atoms with Gasteiger partial charge in [0, 0.05) is 16.6 Å². The van der Waals surface area contributed by atoms with Crippen molar-refractivity contribution in [1.82, 2.24) is 0 Å². The smallest absolute Gasteiger partial charge is 0.326 e. The molecule has 0 heterocycles. The molecular weight excluding hydrogens is 327 g/mol. The molecule has 1 saturated carbocycles. The number of carbonyl (C=O) groups is 1. The molecule has 3 rings (SSSR count). The van der Waals surface area contributed by atoms with Gasteiger partial charge in [-0.2, -0.15) is 13.2 Å². The van der Waals surface area contributed by atoms with Crippen LogP contribution in [0.25, 0.3) is 0 Å². The van der Waals surface area contributed by atoms with Gasteiger partial charge in [-0.3, -0.25) is 4.79 Å². The van der Waals surface area contributed by atoms with Gasteiger partial charge in [0.25, 0.3) is 0 Å². The van der Waals surface area contributed by atoms with Crippen LogP contribution >= 0.6 is 11.6 Å². The fraction of sp³-hybridized carbons (Fsp3) is 0.235. The summed E-state index contributed by atoms with van der Waals surface area (Å²) in [5.41, 5.74) is 0.674. The first kappa shape index (κ1) is 15.9. The molecule has 2 atom stereocenters. The second kappa shape index (κ2) is 5.89. The summed E-state index contributed by atoms with van der Waals surface area (Å²) in [5.74, 6) is -0.190. The predicted octanol–water partition coefficient (Wildman–Crippen LogP) is 5.10. The molecule has 120 valence electrons. The Bertz CT molecular complexity index is 710. The van der Waals surface area contributed by atoms with Gasteiger partial charge in [-0.05, 0) is 54.3 Å². The Labute approximate surface area is 136 Å². The Kier molecular flexibility index (Phi) is 4.06. The largest absolute Gasteiger partial charge is 0.416 e. The first-order chi connectivity index (χ1) is 10.8. The molecule has 1 amide bonds. The summed E-state index contributed by atoms with van der Waals surface area (Å²) < 4.78 is 37.5. The van der Waals surface area contributed by atoms with Crippen LogP contribution < -0.4 is 5.32 Å². The monoisotopic (exact) mass is 339 g/mol. The Balaban J connectivity index is 1.61. The van der Waals surface area contributed by atoms with E-state index in [0.29, 0.717) is 10.7 Å². The van der Waals surface area contributed by atoms with Crippen molar-refractivity contribution < 1.29 is 18.0 Å². The number of benzene rings is 2. The summed E-state index contributed by atoms with van der Waals surface area (Å²) in [6, 6.07) is 11.8. The zero-order chi connectivity index (χ0) is 16.6. The average Bonchev–Trinajstić information content (AvgIpc) is 3.28. The second-order valence-electron chi connectivity index (χ2n) is 5.56. The number of carbonyl (C=O) groups excluding carboxylic acids is 1. The molecule has 2 unspecified atom stereocenters. The van der Waals surface area contributed by atoms with Crippen molar-refractivity contribution in [2.24, 2.45) is 5.92 Å². The van der Waals surface area contributed by atoms with E-state index in [1.807, 2.05) is 12.1 Å². The van der Waals surface area contributed by atoms with Crippen molar-refractivity contribution in [2.75, 3.05) is 5.32 Å². The van der Waals surface area contributed by atoms with Crippen LogP contribution in [0.15, 0.2) is 48.5 Å². The first-order valence-corrected chi connectivity index (χ1v) is 7.46. The van der Waals surface area contributed by atoms with Crippen LogP contribution in [-0.2, 0) is 11.0 Å². The lowest BCUT2D eigenvalue weighted by Crippen LogP contribution is -2.14. The molecule has 0 spiro atoms. The zero-order valence-electron chi connectivity index (χ0n) is 11.9. The van der Waals surface area contributed by atoms with Gasteiger partial charge in [-0.25, -0.2) is 0 Å². The van der Waals surface area contributed by atoms with Crippen LogP contribution in [0.1, 0.15) is 23.5 Å². The highest BCUT2D eigenvalue weighted by molar-refractivity contribution is 6.30. The third kappa shape index (κ3) is 3.67. The SMILES string of the molecule is O=C(Nc1ccc(C(F)(F)F)cc1)C1CC1c1ccc(Cl)cc1. The lowest BCUT2D eigenvalue weighted by atomic mass is 10.1. The molecule has 0 saturated heterocycles. The zero-order valence-corrected chi connectivity index (χ0v) is 12.7. The molecule has 6 heteroatoms. The van der Waals surface area contributed by atoms with Gasteiger partial charge in [0.1, 0.15) is 0 Å². The van der Waals surface area contributed by atoms with E-state index < -0.39 is 11.7 Å². The summed E-state index contributed by atoms with van der Waals surface area (Å²) in [6.45, 7) is 0. The molecule has 0 aliphatic heterocycles. The third-order valence-corrected chi connectivity index (χ3v) is 4.16. The number of hydrogen-bond acceptors (Lipinski definition) is 1. The van der Waals surface area contributed by atoms with Crippen molar-refractivity contribution in [1.29, 1.82) is 0 Å². The van der Waals surface area contributed by atoms with E-state index >= 15 is 0 Å². The maximum Gasteiger partial charge on any atom is 0.416 e. The van der Waals surface area contributed by atoms with Crippen LogP contribution in [0, 0.1) is 5.92 Å². The predicted molar refractivity (Wildman–Crippen MR) is 82.4 cm³/mol. The third-order valence-electron chi connectivity index (χ3n) is 3.91. The maximum absolute atomic E-state index is 12.5. The van der Waals surface area contributed by atoms with Crippen LogP contribution in [0.5, 0.6) is 0 Å². The topological polar surface area (TPSA) is 29.1 Å². The number of rotatable bonds is 3. The highest BCUT2D eigenvalue weighted by atomic mass is 35.5. The second-order valence-corrected chi connectivity index (χ2v) is 6.00. The minimum atomic E-state index is -4.38. The lowest BCUT2D eigenvalue weighted by molar-refractivity contribution is -0.137. The van der Waals surface area contributed by atoms with E-state index in [0.717, 1.165) is 24.1 Å². The van der Waals surface area contributed by atoms with Crippen molar-refractivity contribution >= 4 is 23.2 Å². The van der Waals surface area contributed by atoms with Crippen LogP contribution in [-0.4, -0.2) is 5.91 Å². The molecule has 23 heavy (non-hydrogen) atoms. The molecule has 1 aliphatic rings. The van der Waals surface area contributed by atoms with Gasteiger partial charge >= 0.3 is 6.18 Å². The van der Waals surface area contributed by atoms with Crippen LogP contribution in [0.3, 0.4) is 0 Å². The number of anilines is 1. The number of nitrogens with one attached hydrogen (secondary N) is 1. The normalized spacial score (nSPS) is 20.2. The van der Waals surface area contributed by atoms with E-state index in [1.165, 1.54) is 12.1 Å². The summed E-state index contributed by atoms with van der Waals surface area (Å²) in [4.78, 5) is 12.1. The molecule has 0 aromatic heterocycles. The number of hydrogen-bond donors (Lipinski definition) is 1. The van der Waals surface area contributed by atoms with Gasteiger partial charge in [0.05, 0.1) is 5.56 Å². The Morgan fingerprint density at radius 1 is 1.04 bits per heavy atom. The standard InChI is InChI=1S/C17H13ClF3NO/c18-12-5-1-10(2-6-12)14-9-15(14)16(23)22-13-7-3-11(4-8-13)17(19,20)21/h1-8,14-15H,9H2,(H,22,23). The van der Waals surface area contributed by atoms with Gasteiger partial charge in [0.15, 0.2) is 0 Å². The van der Waals surface area contributed by atoms with E-state index in [9.17, 15) is 18.0 Å². The first-order valence-electron chi connectivity index (χ1n) is 7.08. The lowest BCUT2D eigenvalue weighted by Gasteiger charge is -2.09. The Morgan fingerprint density at radius 2 is 1.65 bits per heavy atom. The molecule has 0 radical (unpaired) electrons. The van der Waals surface area contributed by atoms with Crippen molar-refractivity contribution in [3.63, 3.8) is 0 Å². The van der Waals surface area contributed by atoms with Gasteiger partial charge in [-0.15, -0.1) is 0 Å². The molecule has 2 nitrogen and oxygen atoms in total. The summed E-state index contributed by atoms with van der Waals surface area (Å²) >= 11 is 5.83. The number of alkyl halides is 3. The molecule has 1 N–H and O–H groups in total. The molecule has 2 aromatic rings. The molecule has 2 aromatic carbocycles. The Morgan fingerprint density at radius 3 is 2.22 bits per heavy atom. The van der Waals surface area contributed by atoms with E-state index in [1.54, 1.807) is 12.1 Å². The maximum atomic E-state index is 12.5. The van der Waals surface area contributed by atoms with Gasteiger partial charge < -0.3 is 5.32 Å². The summed E-state index contributed by atoms with van der Waals surface area (Å²) in [7, 11) is 0. The highest BCUT2D eigenvalue weighted by Gasteiger charge is 2.43. The van der Waals surface area contributed by atoms with Gasteiger partial charge in [0.2, 0.25) is 5.91 Å². The molecule has 0 bridgehead atoms. The fourth-order valence-electron chi connectivity index (χ4n) is 2.54. The van der Waals surface area contributed by atoms with E-state index in [-0.39, 0.29) is 17.7 Å².